The standard InChI is InChI=1S/C20H29N3O2.ClH/c24-19(18-6-5-16-3-1-2-4-17(16)15-18)7-8-20(25)22-11-14-23-12-9-21-10-13-23;/h5-6,15,21H,1-4,7-14H2,(H,22,25);1H. The first-order chi connectivity index (χ1) is 12.2. The van der Waals surface area contributed by atoms with Crippen molar-refractivity contribution in [3.8, 4) is 0 Å². The highest BCUT2D eigenvalue weighted by Crippen LogP contribution is 2.22. The molecule has 1 fully saturated rings. The van der Waals surface area contributed by atoms with Gasteiger partial charge in [-0.25, -0.2) is 0 Å². The van der Waals surface area contributed by atoms with E-state index >= 15 is 0 Å². The molecule has 26 heavy (non-hydrogen) atoms. The van der Waals surface area contributed by atoms with Crippen LogP contribution in [0.2, 0.25) is 0 Å². The molecule has 0 atom stereocenters. The van der Waals surface area contributed by atoms with Gasteiger partial charge in [-0.3, -0.25) is 14.5 Å². The minimum Gasteiger partial charge on any atom is -0.355 e. The second-order valence-electron chi connectivity index (χ2n) is 7.06. The third kappa shape index (κ3) is 6.08. The van der Waals surface area contributed by atoms with Gasteiger partial charge in [0, 0.05) is 57.7 Å². The number of carbonyl (C=O) groups excluding carboxylic acids is 2. The SMILES string of the molecule is Cl.O=C(CCC(=O)c1ccc2c(c1)CCCC2)NCCN1CCNCC1. The summed E-state index contributed by atoms with van der Waals surface area (Å²) in [5.74, 6) is 0.0482. The summed E-state index contributed by atoms with van der Waals surface area (Å²) < 4.78 is 0. The first-order valence-corrected chi connectivity index (χ1v) is 9.57. The van der Waals surface area contributed by atoms with E-state index in [0.29, 0.717) is 6.54 Å². The number of rotatable bonds is 7. The largest absolute Gasteiger partial charge is 0.355 e. The maximum Gasteiger partial charge on any atom is 0.220 e. The number of ketones is 1. The van der Waals surface area contributed by atoms with Crippen LogP contribution in [-0.4, -0.2) is 55.9 Å². The molecule has 3 rings (SSSR count). The number of carbonyl (C=O) groups is 2. The van der Waals surface area contributed by atoms with Gasteiger partial charge in [0.15, 0.2) is 5.78 Å². The van der Waals surface area contributed by atoms with Gasteiger partial charge in [-0.15, -0.1) is 12.4 Å². The Bertz CT molecular complexity index is 615. The van der Waals surface area contributed by atoms with E-state index in [4.69, 9.17) is 0 Å². The molecule has 0 bridgehead atoms. The molecule has 0 radical (unpaired) electrons. The van der Waals surface area contributed by atoms with Crippen LogP contribution < -0.4 is 10.6 Å². The first kappa shape index (κ1) is 20.9. The van der Waals surface area contributed by atoms with Gasteiger partial charge in [0.2, 0.25) is 5.91 Å². The second kappa shape index (κ2) is 10.7. The smallest absolute Gasteiger partial charge is 0.220 e. The van der Waals surface area contributed by atoms with E-state index < -0.39 is 0 Å². The van der Waals surface area contributed by atoms with Gasteiger partial charge in [0.25, 0.3) is 0 Å². The molecule has 1 aromatic carbocycles. The maximum atomic E-state index is 12.4. The predicted octanol–water partition coefficient (Wildman–Crippen LogP) is 1.97. The summed E-state index contributed by atoms with van der Waals surface area (Å²) in [6, 6.07) is 6.06. The lowest BCUT2D eigenvalue weighted by atomic mass is 9.89. The van der Waals surface area contributed by atoms with E-state index in [-0.39, 0.29) is 36.9 Å². The normalized spacial score (nSPS) is 17.1. The maximum absolute atomic E-state index is 12.4. The molecule has 0 aromatic heterocycles. The zero-order valence-electron chi connectivity index (χ0n) is 15.4. The predicted molar refractivity (Wildman–Crippen MR) is 106 cm³/mol. The molecular formula is C20H30ClN3O2. The minimum absolute atomic E-state index is 0. The zero-order valence-corrected chi connectivity index (χ0v) is 16.2. The number of nitrogens with one attached hydrogen (secondary N) is 2. The lowest BCUT2D eigenvalue weighted by molar-refractivity contribution is -0.121. The number of piperazine rings is 1. The molecule has 1 saturated heterocycles. The Morgan fingerprint density at radius 1 is 1.04 bits per heavy atom. The van der Waals surface area contributed by atoms with Crippen LogP contribution in [0.15, 0.2) is 18.2 Å². The van der Waals surface area contributed by atoms with Crippen molar-refractivity contribution in [3.63, 3.8) is 0 Å². The zero-order chi connectivity index (χ0) is 17.5. The number of nitrogens with zero attached hydrogens (tertiary/aromatic N) is 1. The van der Waals surface area contributed by atoms with Crippen LogP contribution in [0.5, 0.6) is 0 Å². The Morgan fingerprint density at radius 3 is 2.54 bits per heavy atom. The Balaban J connectivity index is 0.00000243. The average Bonchev–Trinajstić information content (AvgIpc) is 2.66. The Morgan fingerprint density at radius 2 is 1.77 bits per heavy atom. The molecule has 0 unspecified atom stereocenters. The highest BCUT2D eigenvalue weighted by molar-refractivity contribution is 5.98. The highest BCUT2D eigenvalue weighted by Gasteiger charge is 2.14. The van der Waals surface area contributed by atoms with E-state index in [0.717, 1.165) is 51.1 Å². The van der Waals surface area contributed by atoms with E-state index in [1.54, 1.807) is 0 Å². The molecule has 6 heteroatoms. The summed E-state index contributed by atoms with van der Waals surface area (Å²) >= 11 is 0. The average molecular weight is 380 g/mol. The van der Waals surface area contributed by atoms with Gasteiger partial charge in [-0.2, -0.15) is 0 Å². The molecule has 1 amide bonds. The third-order valence-electron chi connectivity index (χ3n) is 5.21. The van der Waals surface area contributed by atoms with Gasteiger partial charge in [-0.1, -0.05) is 12.1 Å². The molecule has 0 spiro atoms. The molecule has 1 aliphatic heterocycles. The van der Waals surface area contributed by atoms with Crippen LogP contribution in [0.4, 0.5) is 0 Å². The van der Waals surface area contributed by atoms with Crippen molar-refractivity contribution >= 4 is 24.1 Å². The molecule has 2 N–H and O–H groups in total. The van der Waals surface area contributed by atoms with Gasteiger partial charge in [0.1, 0.15) is 0 Å². The van der Waals surface area contributed by atoms with Crippen LogP contribution in [0.3, 0.4) is 0 Å². The fourth-order valence-electron chi connectivity index (χ4n) is 3.65. The molecule has 5 nitrogen and oxygen atoms in total. The number of fused-ring (bicyclic) bond motifs is 1. The number of halogens is 1. The van der Waals surface area contributed by atoms with Crippen LogP contribution in [0.1, 0.15) is 47.2 Å². The first-order valence-electron chi connectivity index (χ1n) is 9.57. The summed E-state index contributed by atoms with van der Waals surface area (Å²) in [6.07, 6.45) is 5.21. The molecule has 144 valence electrons. The van der Waals surface area contributed by atoms with E-state index in [2.05, 4.69) is 21.6 Å². The van der Waals surface area contributed by atoms with Crippen molar-refractivity contribution in [3.05, 3.63) is 34.9 Å². The van der Waals surface area contributed by atoms with Crippen molar-refractivity contribution in [2.45, 2.75) is 38.5 Å². The summed E-state index contributed by atoms with van der Waals surface area (Å²) in [7, 11) is 0. The molecule has 2 aliphatic rings. The second-order valence-corrected chi connectivity index (χ2v) is 7.06. The van der Waals surface area contributed by atoms with E-state index in [1.165, 1.54) is 24.0 Å². The molecular weight excluding hydrogens is 350 g/mol. The minimum atomic E-state index is -0.0264. The third-order valence-corrected chi connectivity index (χ3v) is 5.21. The monoisotopic (exact) mass is 379 g/mol. The number of aryl methyl sites for hydroxylation is 2. The molecule has 0 saturated carbocycles. The van der Waals surface area contributed by atoms with Crippen LogP contribution >= 0.6 is 12.4 Å². The van der Waals surface area contributed by atoms with Gasteiger partial charge < -0.3 is 10.6 Å². The Labute approximate surface area is 162 Å². The number of Topliss-reactive ketones (excluding diaryl/α,β-unsaturated/α-hetero) is 1. The van der Waals surface area contributed by atoms with Crippen molar-refractivity contribution in [2.75, 3.05) is 39.3 Å². The van der Waals surface area contributed by atoms with Crippen molar-refractivity contribution in [1.82, 2.24) is 15.5 Å². The fraction of sp³-hybridized carbons (Fsp3) is 0.600. The molecule has 1 heterocycles. The van der Waals surface area contributed by atoms with Gasteiger partial charge in [-0.05, 0) is 42.9 Å². The quantitative estimate of drug-likeness (QED) is 0.711. The highest BCUT2D eigenvalue weighted by atomic mass is 35.5. The fourth-order valence-corrected chi connectivity index (χ4v) is 3.65. The van der Waals surface area contributed by atoms with Crippen molar-refractivity contribution in [2.24, 2.45) is 0 Å². The molecule has 1 aromatic rings. The van der Waals surface area contributed by atoms with E-state index in [9.17, 15) is 9.59 Å². The lowest BCUT2D eigenvalue weighted by Crippen LogP contribution is -2.46. The summed E-state index contributed by atoms with van der Waals surface area (Å²) in [5, 5.41) is 6.25. The van der Waals surface area contributed by atoms with Crippen molar-refractivity contribution in [1.29, 1.82) is 0 Å². The topological polar surface area (TPSA) is 61.4 Å². The number of hydrogen-bond donors (Lipinski definition) is 2. The summed E-state index contributed by atoms with van der Waals surface area (Å²) in [4.78, 5) is 26.7. The van der Waals surface area contributed by atoms with Gasteiger partial charge in [0.05, 0.1) is 0 Å². The van der Waals surface area contributed by atoms with Crippen LogP contribution in [0, 0.1) is 0 Å². The number of hydrogen-bond acceptors (Lipinski definition) is 4. The Hall–Kier alpha value is -1.43. The van der Waals surface area contributed by atoms with Crippen LogP contribution in [-0.2, 0) is 17.6 Å². The number of amides is 1. The van der Waals surface area contributed by atoms with Crippen LogP contribution in [0.25, 0.3) is 0 Å². The van der Waals surface area contributed by atoms with E-state index in [1.807, 2.05) is 12.1 Å². The Kier molecular flexibility index (Phi) is 8.55. The molecule has 1 aliphatic carbocycles. The summed E-state index contributed by atoms with van der Waals surface area (Å²) in [5.41, 5.74) is 3.46. The van der Waals surface area contributed by atoms with Crippen molar-refractivity contribution < 1.29 is 9.59 Å². The number of benzene rings is 1. The van der Waals surface area contributed by atoms with Gasteiger partial charge >= 0.3 is 0 Å². The summed E-state index contributed by atoms with van der Waals surface area (Å²) in [6.45, 7) is 5.64. The lowest BCUT2D eigenvalue weighted by Gasteiger charge is -2.27.